The smallest absolute Gasteiger partial charge is 0.240 e. The quantitative estimate of drug-likeness (QED) is 0.911. The van der Waals surface area contributed by atoms with Crippen LogP contribution in [-0.4, -0.2) is 11.1 Å². The summed E-state index contributed by atoms with van der Waals surface area (Å²) in [7, 11) is 0. The van der Waals surface area contributed by atoms with Crippen LogP contribution in [0.15, 0.2) is 36.4 Å². The molecule has 2 rings (SSSR count). The highest BCUT2D eigenvalue weighted by molar-refractivity contribution is 5.49. The van der Waals surface area contributed by atoms with Crippen molar-refractivity contribution in [3.8, 4) is 17.5 Å². The maximum atomic E-state index is 5.81. The lowest BCUT2D eigenvalue weighted by Gasteiger charge is -2.12. The summed E-state index contributed by atoms with van der Waals surface area (Å²) < 4.78 is 11.2. The summed E-state index contributed by atoms with van der Waals surface area (Å²) in [6.45, 7) is 5.88. The lowest BCUT2D eigenvalue weighted by atomic mass is 10.2. The Morgan fingerprint density at radius 2 is 1.74 bits per heavy atom. The molecule has 0 aliphatic carbocycles. The van der Waals surface area contributed by atoms with Crippen LogP contribution in [0.1, 0.15) is 19.4 Å². The average Bonchev–Trinajstić information content (AvgIpc) is 2.36. The number of nitrogens with zero attached hydrogens (tertiary/aromatic N) is 1. The van der Waals surface area contributed by atoms with Gasteiger partial charge in [-0.15, -0.1) is 0 Å². The molecular formula is C15H18N2O2. The van der Waals surface area contributed by atoms with Crippen molar-refractivity contribution < 1.29 is 9.47 Å². The highest BCUT2D eigenvalue weighted by Crippen LogP contribution is 2.26. The number of hydrogen-bond donors (Lipinski definition) is 1. The Balaban J connectivity index is 2.18. The number of nitrogens with two attached hydrogens (primary N) is 1. The summed E-state index contributed by atoms with van der Waals surface area (Å²) in [6, 6.07) is 11.2. The number of rotatable bonds is 4. The Morgan fingerprint density at radius 3 is 2.37 bits per heavy atom. The third-order valence-corrected chi connectivity index (χ3v) is 2.45. The minimum Gasteiger partial charge on any atom is -0.473 e. The SMILES string of the molecule is Cc1ccc(Oc2ccc(N)c(OC(C)C)n2)cc1. The third kappa shape index (κ3) is 3.61. The van der Waals surface area contributed by atoms with Gasteiger partial charge in [0.05, 0.1) is 11.8 Å². The molecule has 2 N–H and O–H groups in total. The van der Waals surface area contributed by atoms with Crippen molar-refractivity contribution in [2.24, 2.45) is 0 Å². The molecule has 0 atom stereocenters. The standard InChI is InChI=1S/C15H18N2O2/c1-10(2)18-15-13(16)8-9-14(17-15)19-12-6-4-11(3)5-7-12/h4-10H,16H2,1-3H3. The van der Waals surface area contributed by atoms with Gasteiger partial charge >= 0.3 is 0 Å². The van der Waals surface area contributed by atoms with Crippen LogP contribution in [0.3, 0.4) is 0 Å². The molecule has 0 radical (unpaired) electrons. The predicted octanol–water partition coefficient (Wildman–Crippen LogP) is 3.55. The fourth-order valence-electron chi connectivity index (χ4n) is 1.54. The summed E-state index contributed by atoms with van der Waals surface area (Å²) in [5.74, 6) is 1.60. The Hall–Kier alpha value is -2.23. The zero-order chi connectivity index (χ0) is 13.8. The van der Waals surface area contributed by atoms with Crippen molar-refractivity contribution in [3.05, 3.63) is 42.0 Å². The predicted molar refractivity (Wildman–Crippen MR) is 75.7 cm³/mol. The molecule has 4 nitrogen and oxygen atoms in total. The third-order valence-electron chi connectivity index (χ3n) is 2.45. The number of hydrogen-bond acceptors (Lipinski definition) is 4. The first kappa shape index (κ1) is 13.2. The molecule has 2 aromatic rings. The maximum Gasteiger partial charge on any atom is 0.240 e. The number of aryl methyl sites for hydroxylation is 1. The van der Waals surface area contributed by atoms with Crippen molar-refractivity contribution in [1.82, 2.24) is 4.98 Å². The van der Waals surface area contributed by atoms with E-state index in [0.717, 1.165) is 5.75 Å². The fourth-order valence-corrected chi connectivity index (χ4v) is 1.54. The second-order valence-electron chi connectivity index (χ2n) is 4.63. The van der Waals surface area contributed by atoms with E-state index in [1.54, 1.807) is 12.1 Å². The van der Waals surface area contributed by atoms with Crippen LogP contribution in [0, 0.1) is 6.92 Å². The topological polar surface area (TPSA) is 57.4 Å². The van der Waals surface area contributed by atoms with Gasteiger partial charge in [0.1, 0.15) is 5.75 Å². The Morgan fingerprint density at radius 1 is 1.05 bits per heavy atom. The van der Waals surface area contributed by atoms with E-state index in [0.29, 0.717) is 17.4 Å². The zero-order valence-electron chi connectivity index (χ0n) is 11.4. The highest BCUT2D eigenvalue weighted by Gasteiger charge is 2.07. The molecule has 4 heteroatoms. The molecule has 0 aliphatic rings. The molecule has 19 heavy (non-hydrogen) atoms. The van der Waals surface area contributed by atoms with E-state index in [4.69, 9.17) is 15.2 Å². The van der Waals surface area contributed by atoms with Crippen LogP contribution >= 0.6 is 0 Å². The summed E-state index contributed by atoms with van der Waals surface area (Å²) in [4.78, 5) is 4.26. The van der Waals surface area contributed by atoms with Crippen LogP contribution in [0.5, 0.6) is 17.5 Å². The summed E-state index contributed by atoms with van der Waals surface area (Å²) in [6.07, 6.45) is 0.0180. The first-order valence-corrected chi connectivity index (χ1v) is 6.22. The van der Waals surface area contributed by atoms with E-state index in [9.17, 15) is 0 Å². The Bertz CT molecular complexity index is 551. The summed E-state index contributed by atoms with van der Waals surface area (Å²) in [5, 5.41) is 0. The molecule has 0 aliphatic heterocycles. The summed E-state index contributed by atoms with van der Waals surface area (Å²) in [5.41, 5.74) is 7.49. The Labute approximate surface area is 113 Å². The first-order chi connectivity index (χ1) is 9.04. The van der Waals surface area contributed by atoms with Gasteiger partial charge in [0.25, 0.3) is 0 Å². The van der Waals surface area contributed by atoms with E-state index >= 15 is 0 Å². The van der Waals surface area contributed by atoms with Crippen molar-refractivity contribution in [3.63, 3.8) is 0 Å². The van der Waals surface area contributed by atoms with Crippen molar-refractivity contribution in [2.45, 2.75) is 26.9 Å². The minimum absolute atomic E-state index is 0.0180. The number of benzene rings is 1. The van der Waals surface area contributed by atoms with Crippen LogP contribution < -0.4 is 15.2 Å². The van der Waals surface area contributed by atoms with Gasteiger partial charge < -0.3 is 15.2 Å². The number of pyridine rings is 1. The molecule has 0 amide bonds. The lowest BCUT2D eigenvalue weighted by molar-refractivity contribution is 0.232. The monoisotopic (exact) mass is 258 g/mol. The molecule has 0 saturated carbocycles. The number of ether oxygens (including phenoxy) is 2. The fraction of sp³-hybridized carbons (Fsp3) is 0.267. The summed E-state index contributed by atoms with van der Waals surface area (Å²) >= 11 is 0. The molecule has 1 heterocycles. The second kappa shape index (κ2) is 5.61. The maximum absolute atomic E-state index is 5.81. The van der Waals surface area contributed by atoms with Gasteiger partial charge in [0.2, 0.25) is 11.8 Å². The van der Waals surface area contributed by atoms with Crippen LogP contribution in [-0.2, 0) is 0 Å². The largest absolute Gasteiger partial charge is 0.473 e. The molecule has 1 aromatic heterocycles. The highest BCUT2D eigenvalue weighted by atomic mass is 16.5. The molecule has 0 bridgehead atoms. The van der Waals surface area contributed by atoms with E-state index in [2.05, 4.69) is 4.98 Å². The van der Waals surface area contributed by atoms with E-state index in [1.165, 1.54) is 5.56 Å². The Kier molecular flexibility index (Phi) is 3.90. The second-order valence-corrected chi connectivity index (χ2v) is 4.63. The van der Waals surface area contributed by atoms with E-state index in [-0.39, 0.29) is 6.10 Å². The molecular weight excluding hydrogens is 240 g/mol. The number of anilines is 1. The number of nitrogen functional groups attached to an aromatic ring is 1. The van der Waals surface area contributed by atoms with Crippen molar-refractivity contribution in [1.29, 1.82) is 0 Å². The van der Waals surface area contributed by atoms with Crippen LogP contribution in [0.4, 0.5) is 5.69 Å². The molecule has 1 aromatic carbocycles. The van der Waals surface area contributed by atoms with E-state index in [1.807, 2.05) is 45.0 Å². The molecule has 0 spiro atoms. The van der Waals surface area contributed by atoms with Gasteiger partial charge in [-0.05, 0) is 39.0 Å². The van der Waals surface area contributed by atoms with Crippen molar-refractivity contribution in [2.75, 3.05) is 5.73 Å². The number of aromatic nitrogens is 1. The molecule has 0 unspecified atom stereocenters. The molecule has 0 fully saturated rings. The minimum atomic E-state index is 0.0180. The van der Waals surface area contributed by atoms with Gasteiger partial charge in [-0.2, -0.15) is 4.98 Å². The average molecular weight is 258 g/mol. The zero-order valence-corrected chi connectivity index (χ0v) is 11.4. The van der Waals surface area contributed by atoms with Gasteiger partial charge in [-0.1, -0.05) is 17.7 Å². The molecule has 100 valence electrons. The van der Waals surface area contributed by atoms with Crippen LogP contribution in [0.2, 0.25) is 0 Å². The van der Waals surface area contributed by atoms with Gasteiger partial charge in [-0.25, -0.2) is 0 Å². The van der Waals surface area contributed by atoms with Crippen molar-refractivity contribution >= 4 is 5.69 Å². The first-order valence-electron chi connectivity index (χ1n) is 6.22. The van der Waals surface area contributed by atoms with Gasteiger partial charge in [0.15, 0.2) is 0 Å². The van der Waals surface area contributed by atoms with Gasteiger partial charge in [0, 0.05) is 6.07 Å². The van der Waals surface area contributed by atoms with Gasteiger partial charge in [-0.3, -0.25) is 0 Å². The lowest BCUT2D eigenvalue weighted by Crippen LogP contribution is -2.09. The molecule has 0 saturated heterocycles. The van der Waals surface area contributed by atoms with E-state index < -0.39 is 0 Å². The normalized spacial score (nSPS) is 10.5. The van der Waals surface area contributed by atoms with Crippen LogP contribution in [0.25, 0.3) is 0 Å².